The fourth-order valence-electron chi connectivity index (χ4n) is 0.859. The minimum atomic E-state index is -0.231. The highest BCUT2D eigenvalue weighted by molar-refractivity contribution is 14.1. The minimum Gasteiger partial charge on any atom is -0.360 e. The molecule has 5 heteroatoms. The first kappa shape index (κ1) is 10.8. The van der Waals surface area contributed by atoms with Crippen LogP contribution in [0.4, 0.5) is 4.39 Å². The topological polar surface area (TPSA) is 47.3 Å². The second kappa shape index (κ2) is 5.48. The molecule has 0 heterocycles. The molecule has 1 aromatic carbocycles. The van der Waals surface area contributed by atoms with Crippen molar-refractivity contribution in [2.45, 2.75) is 6.61 Å². The highest BCUT2D eigenvalue weighted by atomic mass is 127. The molecule has 0 fully saturated rings. The lowest BCUT2D eigenvalue weighted by atomic mass is 10.2. The van der Waals surface area contributed by atoms with Crippen LogP contribution in [0.5, 0.6) is 0 Å². The van der Waals surface area contributed by atoms with E-state index < -0.39 is 0 Å². The Kier molecular flexibility index (Phi) is 4.57. The normalized spacial score (nSPS) is 10.4. The second-order valence-electron chi connectivity index (χ2n) is 2.43. The van der Waals surface area contributed by atoms with Crippen molar-refractivity contribution in [2.24, 2.45) is 5.84 Å². The Balaban J connectivity index is 2.56. The molecule has 0 aromatic heterocycles. The van der Waals surface area contributed by atoms with Crippen molar-refractivity contribution >= 4 is 22.6 Å². The smallest absolute Gasteiger partial charge is 0.124 e. The van der Waals surface area contributed by atoms with E-state index in [0.29, 0.717) is 6.61 Å². The van der Waals surface area contributed by atoms with Gasteiger partial charge >= 0.3 is 0 Å². The number of ether oxygens (including phenoxy) is 1. The van der Waals surface area contributed by atoms with E-state index in [4.69, 9.17) is 10.6 Å². The number of hydrogen-bond acceptors (Lipinski definition) is 3. The lowest BCUT2D eigenvalue weighted by Gasteiger charge is -2.05. The van der Waals surface area contributed by atoms with Gasteiger partial charge in [-0.05, 0) is 40.3 Å². The van der Waals surface area contributed by atoms with Crippen LogP contribution in [-0.2, 0) is 11.3 Å². The molecular weight excluding hydrogens is 286 g/mol. The fraction of sp³-hybridized carbons (Fsp3) is 0.250. The summed E-state index contributed by atoms with van der Waals surface area (Å²) in [7, 11) is 0. The van der Waals surface area contributed by atoms with Crippen LogP contribution in [0.1, 0.15) is 5.56 Å². The molecule has 0 saturated carbocycles. The maximum atomic E-state index is 12.7. The van der Waals surface area contributed by atoms with Crippen molar-refractivity contribution in [3.8, 4) is 0 Å². The van der Waals surface area contributed by atoms with Gasteiger partial charge in [-0.25, -0.2) is 9.82 Å². The molecule has 0 bridgehead atoms. The fourth-order valence-corrected chi connectivity index (χ4v) is 1.49. The number of benzene rings is 1. The molecule has 1 rings (SSSR count). The lowest BCUT2D eigenvalue weighted by Crippen LogP contribution is -2.24. The first-order valence-corrected chi connectivity index (χ1v) is 4.77. The zero-order valence-corrected chi connectivity index (χ0v) is 9.05. The molecule has 0 atom stereocenters. The van der Waals surface area contributed by atoms with Crippen molar-refractivity contribution in [1.82, 2.24) is 5.43 Å². The SMILES string of the molecule is NNCOCc1ccc(F)cc1I. The third kappa shape index (κ3) is 3.55. The monoisotopic (exact) mass is 296 g/mol. The van der Waals surface area contributed by atoms with Crippen LogP contribution >= 0.6 is 22.6 Å². The van der Waals surface area contributed by atoms with Crippen LogP contribution in [0.25, 0.3) is 0 Å². The van der Waals surface area contributed by atoms with E-state index in [-0.39, 0.29) is 12.5 Å². The second-order valence-corrected chi connectivity index (χ2v) is 3.59. The number of hydrazine groups is 1. The molecule has 3 N–H and O–H groups in total. The first-order chi connectivity index (χ1) is 6.24. The summed E-state index contributed by atoms with van der Waals surface area (Å²) in [6.07, 6.45) is 0. The van der Waals surface area contributed by atoms with Crippen molar-refractivity contribution in [3.05, 3.63) is 33.1 Å². The average Bonchev–Trinajstić information content (AvgIpc) is 2.09. The van der Waals surface area contributed by atoms with Gasteiger partial charge in [0.2, 0.25) is 0 Å². The van der Waals surface area contributed by atoms with E-state index in [1.165, 1.54) is 12.1 Å². The molecule has 0 aliphatic rings. The van der Waals surface area contributed by atoms with Crippen LogP contribution in [0.2, 0.25) is 0 Å². The van der Waals surface area contributed by atoms with Crippen LogP contribution in [-0.4, -0.2) is 6.73 Å². The van der Waals surface area contributed by atoms with Gasteiger partial charge in [0.05, 0.1) is 6.61 Å². The molecule has 0 spiro atoms. The molecule has 13 heavy (non-hydrogen) atoms. The molecule has 0 saturated heterocycles. The number of rotatable bonds is 4. The minimum absolute atomic E-state index is 0.231. The Morgan fingerprint density at radius 3 is 2.92 bits per heavy atom. The number of nitrogens with one attached hydrogen (secondary N) is 1. The Morgan fingerprint density at radius 2 is 2.31 bits per heavy atom. The van der Waals surface area contributed by atoms with Gasteiger partial charge in [-0.2, -0.15) is 0 Å². The number of nitrogens with two attached hydrogens (primary N) is 1. The van der Waals surface area contributed by atoms with E-state index in [2.05, 4.69) is 28.0 Å². The zero-order valence-electron chi connectivity index (χ0n) is 6.89. The summed E-state index contributed by atoms with van der Waals surface area (Å²) in [5.74, 6) is 4.79. The maximum absolute atomic E-state index is 12.7. The Morgan fingerprint density at radius 1 is 1.54 bits per heavy atom. The van der Waals surface area contributed by atoms with Crippen LogP contribution in [0.15, 0.2) is 18.2 Å². The van der Waals surface area contributed by atoms with Crippen LogP contribution in [0, 0.1) is 9.39 Å². The number of hydrogen-bond donors (Lipinski definition) is 2. The predicted molar refractivity (Wildman–Crippen MR) is 56.1 cm³/mol. The number of halogens is 2. The van der Waals surface area contributed by atoms with Crippen molar-refractivity contribution in [1.29, 1.82) is 0 Å². The van der Waals surface area contributed by atoms with Gasteiger partial charge in [0, 0.05) is 3.57 Å². The van der Waals surface area contributed by atoms with Gasteiger partial charge in [-0.3, -0.25) is 5.84 Å². The highest BCUT2D eigenvalue weighted by Gasteiger charge is 2.00. The largest absolute Gasteiger partial charge is 0.360 e. The van der Waals surface area contributed by atoms with Crippen molar-refractivity contribution in [3.63, 3.8) is 0 Å². The predicted octanol–water partition coefficient (Wildman–Crippen LogP) is 1.37. The summed E-state index contributed by atoms with van der Waals surface area (Å²) in [5.41, 5.74) is 3.33. The summed E-state index contributed by atoms with van der Waals surface area (Å²) < 4.78 is 18.6. The van der Waals surface area contributed by atoms with Crippen molar-refractivity contribution < 1.29 is 9.13 Å². The van der Waals surface area contributed by atoms with Gasteiger partial charge in [0.15, 0.2) is 0 Å². The van der Waals surface area contributed by atoms with Crippen LogP contribution in [0.3, 0.4) is 0 Å². The van der Waals surface area contributed by atoms with Crippen molar-refractivity contribution in [2.75, 3.05) is 6.73 Å². The van der Waals surface area contributed by atoms with Gasteiger partial charge in [0.1, 0.15) is 12.5 Å². The highest BCUT2D eigenvalue weighted by Crippen LogP contribution is 2.14. The summed E-state index contributed by atoms with van der Waals surface area (Å²) in [6, 6.07) is 4.58. The van der Waals surface area contributed by atoms with Crippen LogP contribution < -0.4 is 11.3 Å². The lowest BCUT2D eigenvalue weighted by molar-refractivity contribution is 0.103. The summed E-state index contributed by atoms with van der Waals surface area (Å²) >= 11 is 2.07. The van der Waals surface area contributed by atoms with Gasteiger partial charge < -0.3 is 4.74 Å². The first-order valence-electron chi connectivity index (χ1n) is 3.69. The van der Waals surface area contributed by atoms with E-state index in [0.717, 1.165) is 9.13 Å². The molecule has 3 nitrogen and oxygen atoms in total. The van der Waals surface area contributed by atoms with Gasteiger partial charge in [-0.1, -0.05) is 6.07 Å². The molecule has 0 radical (unpaired) electrons. The van der Waals surface area contributed by atoms with Gasteiger partial charge in [0.25, 0.3) is 0 Å². The maximum Gasteiger partial charge on any atom is 0.124 e. The third-order valence-electron chi connectivity index (χ3n) is 1.46. The molecule has 0 amide bonds. The summed E-state index contributed by atoms with van der Waals surface area (Å²) in [4.78, 5) is 0. The molecule has 0 aliphatic carbocycles. The van der Waals surface area contributed by atoms with E-state index in [1.54, 1.807) is 6.07 Å². The Hall–Kier alpha value is -0.240. The molecule has 0 unspecified atom stereocenters. The third-order valence-corrected chi connectivity index (χ3v) is 2.46. The zero-order chi connectivity index (χ0) is 9.68. The van der Waals surface area contributed by atoms with E-state index in [9.17, 15) is 4.39 Å². The van der Waals surface area contributed by atoms with Gasteiger partial charge in [-0.15, -0.1) is 0 Å². The standard InChI is InChI=1S/C8H10FIN2O/c9-7-2-1-6(8(10)3-7)4-13-5-12-11/h1-3,12H,4-5,11H2. The average molecular weight is 296 g/mol. The molecule has 0 aliphatic heterocycles. The quantitative estimate of drug-likeness (QED) is 0.290. The van der Waals surface area contributed by atoms with E-state index >= 15 is 0 Å². The molecular formula is C8H10FIN2O. The Bertz CT molecular complexity index is 283. The van der Waals surface area contributed by atoms with E-state index in [1.807, 2.05) is 0 Å². The summed E-state index contributed by atoms with van der Waals surface area (Å²) in [5, 5.41) is 0. The summed E-state index contributed by atoms with van der Waals surface area (Å²) in [6.45, 7) is 0.718. The molecule has 72 valence electrons. The molecule has 1 aromatic rings. The Labute approximate surface area is 89.6 Å².